The number of nitrogens with zero attached hydrogens (tertiary/aromatic N) is 1. The van der Waals surface area contributed by atoms with Crippen LogP contribution in [-0.4, -0.2) is 24.4 Å². The van der Waals surface area contributed by atoms with Gasteiger partial charge in [-0.05, 0) is 30.3 Å². The van der Waals surface area contributed by atoms with Gasteiger partial charge in [-0.1, -0.05) is 12.1 Å². The standard InChI is InChI=1S/C17H14F2N2O2/c1-23-10-6-7-11(16(22)8-10)14-9-15(17(18)19)21-13-5-3-2-4-12(13)20-14/h2-9,17,21-22H,1H3. The SMILES string of the molecule is COc1ccc(C2=Nc3ccccc3NC(C(F)F)=C2)c(O)c1. The molecule has 0 unspecified atom stereocenters. The van der Waals surface area contributed by atoms with E-state index in [-0.39, 0.29) is 17.2 Å². The van der Waals surface area contributed by atoms with Gasteiger partial charge in [0.15, 0.2) is 0 Å². The molecular weight excluding hydrogens is 302 g/mol. The summed E-state index contributed by atoms with van der Waals surface area (Å²) in [4.78, 5) is 4.40. The van der Waals surface area contributed by atoms with Crippen LogP contribution in [-0.2, 0) is 0 Å². The number of halogens is 2. The van der Waals surface area contributed by atoms with Crippen LogP contribution in [0.5, 0.6) is 11.5 Å². The van der Waals surface area contributed by atoms with Gasteiger partial charge in [0.25, 0.3) is 6.43 Å². The molecule has 0 saturated carbocycles. The number of nitrogens with one attached hydrogen (secondary N) is 1. The molecule has 0 amide bonds. The zero-order chi connectivity index (χ0) is 16.4. The van der Waals surface area contributed by atoms with Gasteiger partial charge in [-0.25, -0.2) is 13.8 Å². The third-order valence-electron chi connectivity index (χ3n) is 3.43. The highest BCUT2D eigenvalue weighted by atomic mass is 19.3. The van der Waals surface area contributed by atoms with Crippen molar-refractivity contribution in [3.05, 3.63) is 59.8 Å². The molecule has 2 N–H and O–H groups in total. The highest BCUT2D eigenvalue weighted by Gasteiger charge is 2.19. The Hall–Kier alpha value is -2.89. The average molecular weight is 316 g/mol. The molecule has 2 aromatic rings. The minimum absolute atomic E-state index is 0.0904. The van der Waals surface area contributed by atoms with Crippen LogP contribution in [0.25, 0.3) is 0 Å². The highest BCUT2D eigenvalue weighted by Crippen LogP contribution is 2.33. The Kier molecular flexibility index (Phi) is 3.97. The van der Waals surface area contributed by atoms with Gasteiger partial charge in [-0.15, -0.1) is 0 Å². The van der Waals surface area contributed by atoms with Crippen molar-refractivity contribution >= 4 is 17.1 Å². The lowest BCUT2D eigenvalue weighted by Gasteiger charge is -2.09. The first-order chi connectivity index (χ1) is 11.1. The van der Waals surface area contributed by atoms with Crippen LogP contribution in [0.3, 0.4) is 0 Å². The summed E-state index contributed by atoms with van der Waals surface area (Å²) < 4.78 is 31.5. The van der Waals surface area contributed by atoms with E-state index in [0.29, 0.717) is 22.7 Å². The van der Waals surface area contributed by atoms with Crippen LogP contribution < -0.4 is 10.1 Å². The summed E-state index contributed by atoms with van der Waals surface area (Å²) in [6.45, 7) is 0. The number of anilines is 1. The minimum atomic E-state index is -2.69. The molecule has 1 aliphatic rings. The molecule has 0 aromatic heterocycles. The number of hydrogen-bond acceptors (Lipinski definition) is 4. The summed E-state index contributed by atoms with van der Waals surface area (Å²) >= 11 is 0. The van der Waals surface area contributed by atoms with Crippen molar-refractivity contribution in [2.75, 3.05) is 12.4 Å². The minimum Gasteiger partial charge on any atom is -0.507 e. The van der Waals surface area contributed by atoms with Gasteiger partial charge in [0.1, 0.15) is 11.5 Å². The molecule has 1 heterocycles. The number of hydrogen-bond donors (Lipinski definition) is 2. The third-order valence-corrected chi connectivity index (χ3v) is 3.43. The van der Waals surface area contributed by atoms with E-state index in [9.17, 15) is 13.9 Å². The lowest BCUT2D eigenvalue weighted by atomic mass is 10.1. The zero-order valence-electron chi connectivity index (χ0n) is 12.3. The number of methoxy groups -OCH3 is 1. The van der Waals surface area contributed by atoms with E-state index in [1.807, 2.05) is 0 Å². The number of aliphatic imine (C=N–C) groups is 1. The first kappa shape index (κ1) is 15.0. The van der Waals surface area contributed by atoms with E-state index in [2.05, 4.69) is 10.3 Å². The lowest BCUT2D eigenvalue weighted by molar-refractivity contribution is 0.191. The van der Waals surface area contributed by atoms with Gasteiger partial charge in [0.2, 0.25) is 0 Å². The second-order valence-electron chi connectivity index (χ2n) is 4.92. The Labute approximate surface area is 131 Å². The van der Waals surface area contributed by atoms with Gasteiger partial charge in [0.05, 0.1) is 29.9 Å². The summed E-state index contributed by atoms with van der Waals surface area (Å²) in [7, 11) is 1.48. The number of aromatic hydroxyl groups is 1. The van der Waals surface area contributed by atoms with Crippen molar-refractivity contribution in [1.29, 1.82) is 0 Å². The van der Waals surface area contributed by atoms with E-state index in [4.69, 9.17) is 4.74 Å². The zero-order valence-corrected chi connectivity index (χ0v) is 12.3. The number of benzene rings is 2. The molecule has 0 saturated heterocycles. The molecular formula is C17H14F2N2O2. The van der Waals surface area contributed by atoms with Crippen molar-refractivity contribution in [1.82, 2.24) is 0 Å². The first-order valence-electron chi connectivity index (χ1n) is 6.90. The van der Waals surface area contributed by atoms with Gasteiger partial charge in [-0.2, -0.15) is 0 Å². The van der Waals surface area contributed by atoms with Crippen molar-refractivity contribution in [2.24, 2.45) is 4.99 Å². The number of fused-ring (bicyclic) bond motifs is 1. The first-order valence-corrected chi connectivity index (χ1v) is 6.90. The van der Waals surface area contributed by atoms with Crippen molar-refractivity contribution < 1.29 is 18.6 Å². The van der Waals surface area contributed by atoms with Crippen molar-refractivity contribution in [2.45, 2.75) is 6.43 Å². The number of ether oxygens (including phenoxy) is 1. The monoisotopic (exact) mass is 316 g/mol. The largest absolute Gasteiger partial charge is 0.507 e. The Morgan fingerprint density at radius 2 is 1.96 bits per heavy atom. The Balaban J connectivity index is 2.15. The van der Waals surface area contributed by atoms with Gasteiger partial charge < -0.3 is 15.2 Å². The summed E-state index contributed by atoms with van der Waals surface area (Å²) in [6, 6.07) is 11.5. The average Bonchev–Trinajstić information content (AvgIpc) is 2.74. The molecule has 4 nitrogen and oxygen atoms in total. The van der Waals surface area contributed by atoms with Crippen molar-refractivity contribution in [3.63, 3.8) is 0 Å². The van der Waals surface area contributed by atoms with Crippen LogP contribution >= 0.6 is 0 Å². The maximum atomic E-state index is 13.2. The molecule has 23 heavy (non-hydrogen) atoms. The van der Waals surface area contributed by atoms with Gasteiger partial charge >= 0.3 is 0 Å². The Bertz CT molecular complexity index is 801. The predicted octanol–water partition coefficient (Wildman–Crippen LogP) is 4.10. The number of phenolic OH excluding ortho intramolecular Hbond substituents is 1. The molecule has 118 valence electrons. The maximum Gasteiger partial charge on any atom is 0.278 e. The van der Waals surface area contributed by atoms with E-state index >= 15 is 0 Å². The van der Waals surface area contributed by atoms with Crippen LogP contribution in [0.1, 0.15) is 5.56 Å². The Morgan fingerprint density at radius 1 is 1.17 bits per heavy atom. The van der Waals surface area contributed by atoms with E-state index in [1.165, 1.54) is 19.3 Å². The summed E-state index contributed by atoms with van der Waals surface area (Å²) in [5.41, 5.74) is 1.33. The fourth-order valence-corrected chi connectivity index (χ4v) is 2.29. The third kappa shape index (κ3) is 3.01. The lowest BCUT2D eigenvalue weighted by Crippen LogP contribution is -2.09. The second-order valence-corrected chi connectivity index (χ2v) is 4.92. The number of allylic oxidation sites excluding steroid dienone is 2. The molecule has 0 atom stereocenters. The predicted molar refractivity (Wildman–Crippen MR) is 85.0 cm³/mol. The van der Waals surface area contributed by atoms with E-state index in [1.54, 1.807) is 36.4 Å². The van der Waals surface area contributed by atoms with Crippen LogP contribution in [0.15, 0.2) is 59.2 Å². The number of para-hydroxylation sites is 2. The summed E-state index contributed by atoms with van der Waals surface area (Å²) in [5.74, 6) is 0.379. The molecule has 0 radical (unpaired) electrons. The molecule has 1 aliphatic heterocycles. The Morgan fingerprint density at radius 3 is 2.65 bits per heavy atom. The molecule has 6 heteroatoms. The molecule has 0 bridgehead atoms. The second kappa shape index (κ2) is 6.08. The molecule has 3 rings (SSSR count). The molecule has 0 spiro atoms. The van der Waals surface area contributed by atoms with Crippen molar-refractivity contribution in [3.8, 4) is 11.5 Å². The quantitative estimate of drug-likeness (QED) is 0.896. The van der Waals surface area contributed by atoms with Crippen LogP contribution in [0, 0.1) is 0 Å². The normalized spacial score (nSPS) is 13.6. The number of alkyl halides is 2. The fraction of sp³-hybridized carbons (Fsp3) is 0.118. The molecule has 0 fully saturated rings. The number of rotatable bonds is 3. The highest BCUT2D eigenvalue weighted by molar-refractivity contribution is 6.13. The molecule has 0 aliphatic carbocycles. The summed E-state index contributed by atoms with van der Waals surface area (Å²) in [6.07, 6.45) is -1.45. The van der Waals surface area contributed by atoms with E-state index < -0.39 is 6.43 Å². The van der Waals surface area contributed by atoms with Gasteiger partial charge in [-0.3, -0.25) is 0 Å². The van der Waals surface area contributed by atoms with Crippen LogP contribution in [0.4, 0.5) is 20.2 Å². The fourth-order valence-electron chi connectivity index (χ4n) is 2.29. The smallest absolute Gasteiger partial charge is 0.278 e. The van der Waals surface area contributed by atoms with Gasteiger partial charge in [0, 0.05) is 11.6 Å². The molecule has 2 aromatic carbocycles. The topological polar surface area (TPSA) is 53.8 Å². The number of phenols is 1. The maximum absolute atomic E-state index is 13.2. The summed E-state index contributed by atoms with van der Waals surface area (Å²) in [5, 5.41) is 12.8. The van der Waals surface area contributed by atoms with E-state index in [0.717, 1.165) is 0 Å². The van der Waals surface area contributed by atoms with Crippen LogP contribution in [0.2, 0.25) is 0 Å².